The maximum absolute atomic E-state index is 11.4. The van der Waals surface area contributed by atoms with Crippen molar-refractivity contribution in [2.45, 2.75) is 122 Å². The molecule has 3 heteroatoms. The van der Waals surface area contributed by atoms with Gasteiger partial charge in [0.25, 0.3) is 11.8 Å². The first kappa shape index (κ1) is 23.9. The molecule has 0 saturated carbocycles. The molecule has 0 aromatic carbocycles. The number of nitrogens with zero attached hydrogens (tertiary/aromatic N) is 1. The topological polar surface area (TPSA) is 37.4 Å². The molecule has 1 aliphatic rings. The fraction of sp³-hybridized carbons (Fsp3) is 0.833. The second kappa shape index (κ2) is 17.0. The zero-order valence-corrected chi connectivity index (χ0v) is 17.9. The van der Waals surface area contributed by atoms with Crippen LogP contribution in [0.15, 0.2) is 12.2 Å². The first-order valence-corrected chi connectivity index (χ1v) is 11.8. The van der Waals surface area contributed by atoms with Crippen molar-refractivity contribution in [1.29, 1.82) is 0 Å². The summed E-state index contributed by atoms with van der Waals surface area (Å²) in [5.74, 6) is -0.293. The average Bonchev–Trinajstić information content (AvgIpc) is 2.99. The van der Waals surface area contributed by atoms with E-state index in [1.165, 1.54) is 120 Å². The first-order chi connectivity index (χ1) is 13.3. The van der Waals surface area contributed by atoms with Crippen LogP contribution in [0, 0.1) is 0 Å². The molecule has 0 unspecified atom stereocenters. The van der Waals surface area contributed by atoms with Gasteiger partial charge in [-0.15, -0.1) is 0 Å². The zero-order valence-electron chi connectivity index (χ0n) is 17.9. The van der Waals surface area contributed by atoms with Gasteiger partial charge in [-0.25, -0.2) is 0 Å². The largest absolute Gasteiger partial charge is 0.275 e. The van der Waals surface area contributed by atoms with Crippen molar-refractivity contribution in [3.8, 4) is 0 Å². The van der Waals surface area contributed by atoms with Gasteiger partial charge in [0.15, 0.2) is 0 Å². The van der Waals surface area contributed by atoms with Crippen LogP contribution in [0.1, 0.15) is 122 Å². The van der Waals surface area contributed by atoms with Crippen LogP contribution in [0.2, 0.25) is 0 Å². The van der Waals surface area contributed by atoms with E-state index >= 15 is 0 Å². The van der Waals surface area contributed by atoms with E-state index in [4.69, 9.17) is 0 Å². The molecule has 0 aromatic heterocycles. The zero-order chi connectivity index (χ0) is 19.6. The molecule has 0 saturated heterocycles. The Kier molecular flexibility index (Phi) is 15.1. The molecule has 1 rings (SSSR count). The van der Waals surface area contributed by atoms with E-state index in [2.05, 4.69) is 6.92 Å². The molecule has 0 atom stereocenters. The summed E-state index contributed by atoms with van der Waals surface area (Å²) in [5.41, 5.74) is 0. The lowest BCUT2D eigenvalue weighted by atomic mass is 10.0. The summed E-state index contributed by atoms with van der Waals surface area (Å²) in [5, 5.41) is 0. The highest BCUT2D eigenvalue weighted by atomic mass is 16.2. The number of carbonyl (C=O) groups excluding carboxylic acids is 2. The van der Waals surface area contributed by atoms with Gasteiger partial charge in [0.1, 0.15) is 0 Å². The molecular weight excluding hydrogens is 334 g/mol. The molecule has 0 spiro atoms. The number of imide groups is 1. The Labute approximate surface area is 168 Å². The smallest absolute Gasteiger partial charge is 0.253 e. The standard InChI is InChI=1S/C24H43NO2/c1-2-3-4-5-6-7-8-9-10-11-12-13-14-15-16-17-18-19-22-25-23(26)20-21-24(25)27/h20-21H,2-19,22H2,1H3. The molecule has 27 heavy (non-hydrogen) atoms. The van der Waals surface area contributed by atoms with Crippen molar-refractivity contribution >= 4 is 11.8 Å². The van der Waals surface area contributed by atoms with E-state index in [0.29, 0.717) is 6.54 Å². The van der Waals surface area contributed by atoms with E-state index < -0.39 is 0 Å². The van der Waals surface area contributed by atoms with Crippen LogP contribution in [0.5, 0.6) is 0 Å². The van der Waals surface area contributed by atoms with E-state index in [-0.39, 0.29) is 11.8 Å². The Morgan fingerprint density at radius 3 is 1.15 bits per heavy atom. The number of hydrogen-bond acceptors (Lipinski definition) is 2. The van der Waals surface area contributed by atoms with Gasteiger partial charge >= 0.3 is 0 Å². The van der Waals surface area contributed by atoms with Gasteiger partial charge in [-0.1, -0.05) is 116 Å². The minimum Gasteiger partial charge on any atom is -0.275 e. The van der Waals surface area contributed by atoms with E-state index in [1.54, 1.807) is 0 Å². The fourth-order valence-corrected chi connectivity index (χ4v) is 3.82. The van der Waals surface area contributed by atoms with Crippen LogP contribution in [-0.2, 0) is 9.59 Å². The Morgan fingerprint density at radius 1 is 0.519 bits per heavy atom. The first-order valence-electron chi connectivity index (χ1n) is 11.8. The lowest BCUT2D eigenvalue weighted by Crippen LogP contribution is -2.30. The van der Waals surface area contributed by atoms with Crippen molar-refractivity contribution < 1.29 is 9.59 Å². The molecule has 0 fully saturated rings. The number of amides is 2. The minimum absolute atomic E-state index is 0.146. The van der Waals surface area contributed by atoms with E-state index in [1.807, 2.05) is 0 Å². The molecule has 156 valence electrons. The third-order valence-electron chi connectivity index (χ3n) is 5.64. The molecule has 1 heterocycles. The summed E-state index contributed by atoms with van der Waals surface area (Å²) < 4.78 is 0. The highest BCUT2D eigenvalue weighted by Crippen LogP contribution is 2.14. The van der Waals surface area contributed by atoms with Crippen LogP contribution in [-0.4, -0.2) is 23.3 Å². The summed E-state index contributed by atoms with van der Waals surface area (Å²) >= 11 is 0. The summed E-state index contributed by atoms with van der Waals surface area (Å²) in [6, 6.07) is 0. The lowest BCUT2D eigenvalue weighted by Gasteiger charge is -2.12. The predicted molar refractivity (Wildman–Crippen MR) is 115 cm³/mol. The van der Waals surface area contributed by atoms with E-state index in [9.17, 15) is 9.59 Å². The van der Waals surface area contributed by atoms with Gasteiger partial charge in [-0.2, -0.15) is 0 Å². The second-order valence-corrected chi connectivity index (χ2v) is 8.17. The SMILES string of the molecule is CCCCCCCCCCCCCCCCCCCCN1C(=O)C=CC1=O. The predicted octanol–water partition coefficient (Wildman–Crippen LogP) is 6.95. The molecule has 2 amide bonds. The molecule has 0 aromatic rings. The molecule has 0 aliphatic carbocycles. The molecular formula is C24H43NO2. The summed E-state index contributed by atoms with van der Waals surface area (Å²) in [7, 11) is 0. The normalized spacial score (nSPS) is 13.9. The Morgan fingerprint density at radius 2 is 0.815 bits per heavy atom. The Bertz CT molecular complexity index is 399. The summed E-state index contributed by atoms with van der Waals surface area (Å²) in [4.78, 5) is 24.2. The maximum Gasteiger partial charge on any atom is 0.253 e. The number of hydrogen-bond donors (Lipinski definition) is 0. The van der Waals surface area contributed by atoms with Crippen molar-refractivity contribution in [3.05, 3.63) is 12.2 Å². The molecule has 1 aliphatic heterocycles. The molecule has 3 nitrogen and oxygen atoms in total. The van der Waals surface area contributed by atoms with Gasteiger partial charge < -0.3 is 0 Å². The lowest BCUT2D eigenvalue weighted by molar-refractivity contribution is -0.136. The quantitative estimate of drug-likeness (QED) is 0.180. The Hall–Kier alpha value is -1.12. The summed E-state index contributed by atoms with van der Waals surface area (Å²) in [6.45, 7) is 2.87. The summed E-state index contributed by atoms with van der Waals surface area (Å²) in [6.07, 6.45) is 27.1. The van der Waals surface area contributed by atoms with Crippen molar-refractivity contribution in [2.75, 3.05) is 6.54 Å². The number of rotatable bonds is 19. The molecule has 0 bridgehead atoms. The second-order valence-electron chi connectivity index (χ2n) is 8.17. The van der Waals surface area contributed by atoms with Gasteiger partial charge in [0.05, 0.1) is 0 Å². The average molecular weight is 378 g/mol. The number of unbranched alkanes of at least 4 members (excludes halogenated alkanes) is 17. The number of carbonyl (C=O) groups is 2. The van der Waals surface area contributed by atoms with Crippen LogP contribution in [0.3, 0.4) is 0 Å². The van der Waals surface area contributed by atoms with Gasteiger partial charge in [-0.05, 0) is 6.42 Å². The molecule has 0 radical (unpaired) electrons. The third-order valence-corrected chi connectivity index (χ3v) is 5.64. The van der Waals surface area contributed by atoms with Crippen molar-refractivity contribution in [1.82, 2.24) is 4.90 Å². The highest BCUT2D eigenvalue weighted by molar-refractivity contribution is 6.12. The maximum atomic E-state index is 11.4. The van der Waals surface area contributed by atoms with Crippen LogP contribution < -0.4 is 0 Å². The minimum atomic E-state index is -0.146. The Balaban J connectivity index is 1.71. The highest BCUT2D eigenvalue weighted by Gasteiger charge is 2.21. The van der Waals surface area contributed by atoms with Crippen LogP contribution in [0.4, 0.5) is 0 Å². The van der Waals surface area contributed by atoms with Crippen LogP contribution in [0.25, 0.3) is 0 Å². The fourth-order valence-electron chi connectivity index (χ4n) is 3.82. The van der Waals surface area contributed by atoms with Gasteiger partial charge in [0.2, 0.25) is 0 Å². The van der Waals surface area contributed by atoms with Crippen molar-refractivity contribution in [2.24, 2.45) is 0 Å². The van der Waals surface area contributed by atoms with Gasteiger partial charge in [-0.3, -0.25) is 14.5 Å². The molecule has 0 N–H and O–H groups in total. The third kappa shape index (κ3) is 12.8. The van der Waals surface area contributed by atoms with Crippen LogP contribution >= 0.6 is 0 Å². The van der Waals surface area contributed by atoms with Crippen molar-refractivity contribution in [3.63, 3.8) is 0 Å². The van der Waals surface area contributed by atoms with E-state index in [0.717, 1.165) is 12.8 Å². The van der Waals surface area contributed by atoms with Gasteiger partial charge in [0, 0.05) is 18.7 Å². The monoisotopic (exact) mass is 377 g/mol.